The Kier molecular flexibility index (Phi) is 3.18. The summed E-state index contributed by atoms with van der Waals surface area (Å²) in [7, 11) is 0. The summed E-state index contributed by atoms with van der Waals surface area (Å²) in [5, 5.41) is 14.2. The van der Waals surface area contributed by atoms with Gasteiger partial charge in [-0.3, -0.25) is 4.90 Å². The molecule has 0 aromatic carbocycles. The van der Waals surface area contributed by atoms with Crippen LogP contribution in [0.1, 0.15) is 39.0 Å². The average Bonchev–Trinajstić information content (AvgIpc) is 2.85. The summed E-state index contributed by atoms with van der Waals surface area (Å²) < 4.78 is 0. The van der Waals surface area contributed by atoms with Gasteiger partial charge in [-0.15, -0.1) is 0 Å². The third-order valence-electron chi connectivity index (χ3n) is 5.34. The van der Waals surface area contributed by atoms with Crippen molar-refractivity contribution in [2.24, 2.45) is 11.8 Å². The van der Waals surface area contributed by atoms with Crippen molar-refractivity contribution >= 4 is 0 Å². The van der Waals surface area contributed by atoms with Gasteiger partial charge in [0.15, 0.2) is 0 Å². The van der Waals surface area contributed by atoms with E-state index in [1.54, 1.807) is 0 Å². The molecule has 0 spiro atoms. The second kappa shape index (κ2) is 4.52. The van der Waals surface area contributed by atoms with Crippen LogP contribution in [-0.4, -0.2) is 47.8 Å². The number of β-amino-alcohol motifs (C(OH)–C–C–N with tert-alkyl or cyclic N) is 1. The number of fused-ring (bicyclic) bond motifs is 1. The molecular weight excluding hydrogens is 212 g/mol. The highest BCUT2D eigenvalue weighted by Gasteiger charge is 2.44. The van der Waals surface area contributed by atoms with Gasteiger partial charge in [0, 0.05) is 19.1 Å². The van der Waals surface area contributed by atoms with E-state index >= 15 is 0 Å². The van der Waals surface area contributed by atoms with E-state index in [2.05, 4.69) is 17.1 Å². The molecule has 2 saturated heterocycles. The average molecular weight is 238 g/mol. The van der Waals surface area contributed by atoms with Crippen LogP contribution >= 0.6 is 0 Å². The van der Waals surface area contributed by atoms with Crippen LogP contribution in [0.15, 0.2) is 0 Å². The molecule has 3 fully saturated rings. The van der Waals surface area contributed by atoms with Gasteiger partial charge in [-0.2, -0.15) is 0 Å². The third kappa shape index (κ3) is 2.25. The zero-order chi connectivity index (χ0) is 11.9. The maximum Gasteiger partial charge on any atom is 0.0774 e. The van der Waals surface area contributed by atoms with Crippen LogP contribution in [0.2, 0.25) is 0 Å². The fourth-order valence-electron chi connectivity index (χ4n) is 4.21. The van der Waals surface area contributed by atoms with E-state index in [0.717, 1.165) is 31.2 Å². The molecule has 0 bridgehead atoms. The van der Waals surface area contributed by atoms with Crippen molar-refractivity contribution < 1.29 is 5.11 Å². The topological polar surface area (TPSA) is 35.5 Å². The predicted molar refractivity (Wildman–Crippen MR) is 68.9 cm³/mol. The summed E-state index contributed by atoms with van der Waals surface area (Å²) in [6.07, 6.45) is 5.78. The Morgan fingerprint density at radius 3 is 2.71 bits per heavy atom. The summed E-state index contributed by atoms with van der Waals surface area (Å²) in [5.74, 6) is 1.65. The number of aliphatic hydroxyl groups is 1. The monoisotopic (exact) mass is 238 g/mol. The molecule has 0 aromatic heterocycles. The lowest BCUT2D eigenvalue weighted by Crippen LogP contribution is -2.47. The summed E-state index contributed by atoms with van der Waals surface area (Å²) >= 11 is 0. The fourth-order valence-corrected chi connectivity index (χ4v) is 4.21. The van der Waals surface area contributed by atoms with Gasteiger partial charge in [-0.1, -0.05) is 19.3 Å². The molecule has 3 rings (SSSR count). The molecule has 17 heavy (non-hydrogen) atoms. The van der Waals surface area contributed by atoms with Crippen LogP contribution in [0.25, 0.3) is 0 Å². The summed E-state index contributed by atoms with van der Waals surface area (Å²) in [5.41, 5.74) is -0.376. The van der Waals surface area contributed by atoms with E-state index in [-0.39, 0.29) is 5.60 Å². The van der Waals surface area contributed by atoms with E-state index in [4.69, 9.17) is 0 Å². The Morgan fingerprint density at radius 1 is 1.24 bits per heavy atom. The van der Waals surface area contributed by atoms with Gasteiger partial charge in [-0.05, 0) is 44.7 Å². The van der Waals surface area contributed by atoms with Crippen molar-refractivity contribution in [1.82, 2.24) is 10.2 Å². The van der Waals surface area contributed by atoms with E-state index in [0.29, 0.717) is 6.04 Å². The van der Waals surface area contributed by atoms with E-state index < -0.39 is 0 Å². The minimum absolute atomic E-state index is 0.376. The number of nitrogens with one attached hydrogen (secondary N) is 1. The standard InChI is InChI=1S/C14H26N2O/c1-11-13-8-15-7-12(13)9-16(11)10-14(17)5-3-2-4-6-14/h11-13,15,17H,2-10H2,1H3. The first-order chi connectivity index (χ1) is 8.18. The van der Waals surface area contributed by atoms with Crippen LogP contribution in [-0.2, 0) is 0 Å². The first-order valence-corrected chi connectivity index (χ1v) is 7.35. The molecule has 2 heterocycles. The second-order valence-corrected chi connectivity index (χ2v) is 6.54. The van der Waals surface area contributed by atoms with Crippen LogP contribution in [0, 0.1) is 11.8 Å². The van der Waals surface area contributed by atoms with Gasteiger partial charge in [0.25, 0.3) is 0 Å². The molecule has 0 aromatic rings. The minimum atomic E-state index is -0.376. The normalized spacial score (nSPS) is 41.6. The molecule has 3 nitrogen and oxygen atoms in total. The van der Waals surface area contributed by atoms with Gasteiger partial charge in [0.05, 0.1) is 5.60 Å². The van der Waals surface area contributed by atoms with Crippen molar-refractivity contribution in [2.75, 3.05) is 26.2 Å². The number of likely N-dealkylation sites (tertiary alicyclic amines) is 1. The lowest BCUT2D eigenvalue weighted by molar-refractivity contribution is -0.0298. The lowest BCUT2D eigenvalue weighted by Gasteiger charge is -2.37. The number of nitrogens with zero attached hydrogens (tertiary/aromatic N) is 1. The largest absolute Gasteiger partial charge is 0.389 e. The predicted octanol–water partition coefficient (Wildman–Crippen LogP) is 1.22. The number of hydrogen-bond acceptors (Lipinski definition) is 3. The van der Waals surface area contributed by atoms with Crippen molar-refractivity contribution in [2.45, 2.75) is 50.7 Å². The van der Waals surface area contributed by atoms with Crippen LogP contribution in [0.3, 0.4) is 0 Å². The second-order valence-electron chi connectivity index (χ2n) is 6.54. The molecule has 3 unspecified atom stereocenters. The van der Waals surface area contributed by atoms with E-state index in [9.17, 15) is 5.11 Å². The molecule has 0 radical (unpaired) electrons. The highest BCUT2D eigenvalue weighted by Crippen LogP contribution is 2.36. The molecule has 3 aliphatic rings. The molecule has 2 aliphatic heterocycles. The zero-order valence-electron chi connectivity index (χ0n) is 11.0. The summed E-state index contributed by atoms with van der Waals surface area (Å²) in [4.78, 5) is 2.56. The first kappa shape index (κ1) is 11.9. The van der Waals surface area contributed by atoms with Gasteiger partial charge >= 0.3 is 0 Å². The van der Waals surface area contributed by atoms with Crippen LogP contribution in [0.4, 0.5) is 0 Å². The maximum absolute atomic E-state index is 10.7. The Bertz CT molecular complexity index is 275. The van der Waals surface area contributed by atoms with Crippen LogP contribution in [0.5, 0.6) is 0 Å². The van der Waals surface area contributed by atoms with Crippen LogP contribution < -0.4 is 5.32 Å². The molecule has 1 aliphatic carbocycles. The van der Waals surface area contributed by atoms with Crippen molar-refractivity contribution in [3.63, 3.8) is 0 Å². The van der Waals surface area contributed by atoms with Crippen molar-refractivity contribution in [3.8, 4) is 0 Å². The van der Waals surface area contributed by atoms with Crippen molar-refractivity contribution in [3.05, 3.63) is 0 Å². The smallest absolute Gasteiger partial charge is 0.0774 e. The van der Waals surface area contributed by atoms with E-state index in [1.165, 1.54) is 38.9 Å². The van der Waals surface area contributed by atoms with E-state index in [1.807, 2.05) is 0 Å². The fraction of sp³-hybridized carbons (Fsp3) is 1.00. The molecule has 3 heteroatoms. The maximum atomic E-state index is 10.7. The first-order valence-electron chi connectivity index (χ1n) is 7.35. The molecular formula is C14H26N2O. The Hall–Kier alpha value is -0.120. The van der Waals surface area contributed by atoms with Gasteiger partial charge in [0.2, 0.25) is 0 Å². The Labute approximate surface area is 105 Å². The molecule has 0 amide bonds. The van der Waals surface area contributed by atoms with Crippen molar-refractivity contribution in [1.29, 1.82) is 0 Å². The Balaban J connectivity index is 1.62. The summed E-state index contributed by atoms with van der Waals surface area (Å²) in [6, 6.07) is 0.654. The van der Waals surface area contributed by atoms with Gasteiger partial charge in [0.1, 0.15) is 0 Å². The molecule has 2 N–H and O–H groups in total. The highest BCUT2D eigenvalue weighted by atomic mass is 16.3. The number of rotatable bonds is 2. The molecule has 98 valence electrons. The molecule has 3 atom stereocenters. The lowest BCUT2D eigenvalue weighted by atomic mass is 9.84. The quantitative estimate of drug-likeness (QED) is 0.759. The Morgan fingerprint density at radius 2 is 2.00 bits per heavy atom. The minimum Gasteiger partial charge on any atom is -0.389 e. The van der Waals surface area contributed by atoms with Gasteiger partial charge < -0.3 is 10.4 Å². The number of hydrogen-bond donors (Lipinski definition) is 2. The third-order valence-corrected chi connectivity index (χ3v) is 5.34. The van der Waals surface area contributed by atoms with Gasteiger partial charge in [-0.25, -0.2) is 0 Å². The SMILES string of the molecule is CC1C2CNCC2CN1CC1(O)CCCCC1. The summed E-state index contributed by atoms with van der Waals surface area (Å²) in [6.45, 7) is 6.83. The highest BCUT2D eigenvalue weighted by molar-refractivity contribution is 4.99. The zero-order valence-corrected chi connectivity index (χ0v) is 11.0. The molecule has 1 saturated carbocycles.